The zero-order valence-corrected chi connectivity index (χ0v) is 87.9. The number of amides is 12. The number of halogens is 2. The minimum atomic E-state index is -3.34. The molecule has 5 aliphatic rings. The Balaban J connectivity index is 0.990. The number of aliphatic hydroxyl groups excluding tert-OH is 3. The number of hydrogen-bond acceptors (Lipinski definition) is 32. The van der Waals surface area contributed by atoms with Gasteiger partial charge in [0.05, 0.1) is 194 Å². The fourth-order valence-electron chi connectivity index (χ4n) is 17.2. The highest BCUT2D eigenvalue weighted by molar-refractivity contribution is 9.09. The van der Waals surface area contributed by atoms with E-state index >= 15 is 33.0 Å². The van der Waals surface area contributed by atoms with Gasteiger partial charge in [0.1, 0.15) is 34.7 Å². The average molecular weight is 2210 g/mol. The summed E-state index contributed by atoms with van der Waals surface area (Å²) in [6.45, 7) is 6.11. The number of ketones is 4. The fourth-order valence-corrected chi connectivity index (χ4v) is 19.6. The molecule has 14 atom stereocenters. The van der Waals surface area contributed by atoms with E-state index in [1.807, 2.05) is 0 Å². The summed E-state index contributed by atoms with van der Waals surface area (Å²) in [5, 5.41) is 53.4. The van der Waals surface area contributed by atoms with Gasteiger partial charge in [0, 0.05) is 144 Å². The summed E-state index contributed by atoms with van der Waals surface area (Å²) in [4.78, 5) is 248. The molecule has 147 heavy (non-hydrogen) atoms. The molecular formula is C98H139Br2N16O30S+. The largest absolute Gasteiger partial charge is 0.465 e. The fraction of sp³-hybridized carbons (Fsp3) is 0.622. The highest BCUT2D eigenvalue weighted by atomic mass is 79.9. The molecule has 0 radical (unpaired) electrons. The number of alkyl halides is 2. The number of fused-ring (bicyclic) bond motifs is 9. The molecule has 8 bridgehead atoms. The standard InChI is InChI=1S/C98H138Br2N16O30S/c1-8-59(4)87-91(130)105-51-84(125)108-77-57-147(136)92-70-42-63(89(128)104-52-85(126)111-87)43-80(122)88(60(5)81(123)55-117)112-94(132)98(146-67-17-18-68(70)73(48-67)110-92,82-47-66(119)53-116(82)93(131)64(44-79(77)121)45-83(101)124)95(133)113(6)23-24-114(25-28-140-33-36-142-34-31-138-26-10-12-86(127)115-22-19-71-76(54-115)107-75(50-100)74(49-99)106-71)97(135)145-56-62-15-13-61(14-16-62)41-78(120)72(11-9-21-103-96(102)134)109-90(129)69(58(2)3)46-65(118)20-27-139-32-35-143-39-40-144-38-37-141-30-29-137-7/h13-19,22,48,54,58-60,63-64,66,69,72,77,81-82,87-88,110,117,119,123H,8-12,20-21,23-47,49-53,55-57H2,1-7H3,(H10-,101,102,103,104,105,108,109,111,112,124,125,126,128,129,130,132,134)/p+1/t59-,60-,63-,64-,66+,69-,72-,77-,81-,82-,87-,88-,98?,147?/m0/s1. The highest BCUT2D eigenvalue weighted by Gasteiger charge is 2.63. The second-order valence-electron chi connectivity index (χ2n) is 36.9. The van der Waals surface area contributed by atoms with E-state index < -0.39 is 255 Å². The Labute approximate surface area is 870 Å². The third kappa shape index (κ3) is 35.9. The van der Waals surface area contributed by atoms with Crippen LogP contribution in [-0.2, 0) is 146 Å². The lowest BCUT2D eigenvalue weighted by Gasteiger charge is -2.43. The monoisotopic (exact) mass is 2210 g/mol. The number of nitrogens with two attached hydrogens (primary N) is 2. The van der Waals surface area contributed by atoms with Crippen molar-refractivity contribution in [1.82, 2.24) is 66.9 Å². The lowest BCUT2D eigenvalue weighted by molar-refractivity contribution is -0.573. The third-order valence-electron chi connectivity index (χ3n) is 25.8. The van der Waals surface area contributed by atoms with Gasteiger partial charge in [-0.2, -0.15) is 0 Å². The van der Waals surface area contributed by atoms with Gasteiger partial charge >= 0.3 is 18.0 Å². The number of nitrogens with one attached hydrogen (secondary N) is 8. The van der Waals surface area contributed by atoms with Gasteiger partial charge in [-0.15, -0.1) is 4.57 Å². The van der Waals surface area contributed by atoms with Crippen LogP contribution < -0.4 is 58.0 Å². The van der Waals surface area contributed by atoms with Gasteiger partial charge in [0.15, 0.2) is 29.1 Å². The Kier molecular flexibility index (Phi) is 49.3. The molecule has 49 heteroatoms. The quantitative estimate of drug-likeness (QED) is 0.0108. The van der Waals surface area contributed by atoms with E-state index in [-0.39, 0.29) is 156 Å². The number of H-pyrrole nitrogens is 1. The van der Waals surface area contributed by atoms with Crippen molar-refractivity contribution in [1.29, 1.82) is 0 Å². The average Bonchev–Trinajstić information content (AvgIpc) is 1.67. The van der Waals surface area contributed by atoms with Crippen molar-refractivity contribution < 1.29 is 148 Å². The molecule has 2 unspecified atom stereocenters. The summed E-state index contributed by atoms with van der Waals surface area (Å²) >= 11 is 6.89. The molecule has 0 aliphatic carbocycles. The van der Waals surface area contributed by atoms with E-state index in [0.29, 0.717) is 85.3 Å². The highest BCUT2D eigenvalue weighted by Crippen LogP contribution is 2.40. The first kappa shape index (κ1) is 120. The van der Waals surface area contributed by atoms with Gasteiger partial charge in [-0.3, -0.25) is 66.5 Å². The predicted octanol–water partition coefficient (Wildman–Crippen LogP) is 0.354. The lowest BCUT2D eigenvalue weighted by Crippen LogP contribution is -2.72. The molecular weight excluding hydrogens is 2070 g/mol. The normalized spacial score (nSPS) is 20.7. The number of primary amides is 2. The summed E-state index contributed by atoms with van der Waals surface area (Å²) in [6, 6.07) is 2.79. The summed E-state index contributed by atoms with van der Waals surface area (Å²) in [5.74, 6) is -20.7. The smallest absolute Gasteiger partial charge is 0.410 e. The zero-order valence-electron chi connectivity index (χ0n) is 83.9. The van der Waals surface area contributed by atoms with E-state index in [1.165, 1.54) is 36.7 Å². The van der Waals surface area contributed by atoms with Crippen molar-refractivity contribution in [2.45, 2.75) is 188 Å². The van der Waals surface area contributed by atoms with Gasteiger partial charge in [0.2, 0.25) is 47.5 Å². The number of aromatic nitrogens is 4. The Morgan fingerprint density at radius 1 is 0.714 bits per heavy atom. The van der Waals surface area contributed by atoms with Crippen LogP contribution in [0.5, 0.6) is 5.75 Å². The molecule has 12 amide bonds. The summed E-state index contributed by atoms with van der Waals surface area (Å²) < 4.78 is 74.5. The van der Waals surface area contributed by atoms with Gasteiger partial charge in [0.25, 0.3) is 17.4 Å². The predicted molar refractivity (Wildman–Crippen MR) is 535 cm³/mol. The van der Waals surface area contributed by atoms with Crippen LogP contribution in [0.4, 0.5) is 9.59 Å². The van der Waals surface area contributed by atoms with Crippen LogP contribution >= 0.6 is 31.9 Å². The lowest BCUT2D eigenvalue weighted by atomic mass is 9.83. The van der Waals surface area contributed by atoms with E-state index in [2.05, 4.69) is 84.0 Å². The van der Waals surface area contributed by atoms with Crippen LogP contribution in [0.2, 0.25) is 0 Å². The van der Waals surface area contributed by atoms with Crippen molar-refractivity contribution in [3.05, 3.63) is 89.0 Å². The number of urea groups is 1. The number of aromatic amines is 1. The Morgan fingerprint density at radius 3 is 1.96 bits per heavy atom. The molecule has 5 aromatic rings. The first-order valence-electron chi connectivity index (χ1n) is 49.2. The van der Waals surface area contributed by atoms with E-state index in [4.69, 9.17) is 58.8 Å². The summed E-state index contributed by atoms with van der Waals surface area (Å²) in [7, 11) is 0.249. The molecule has 5 aliphatic heterocycles. The molecule has 1 fully saturated rings. The van der Waals surface area contributed by atoms with Crippen LogP contribution in [0.25, 0.3) is 21.9 Å². The van der Waals surface area contributed by atoms with Crippen molar-refractivity contribution >= 4 is 159 Å². The number of hydrogen-bond donors (Lipinski definition) is 13. The molecule has 46 nitrogen and oxygen atoms in total. The van der Waals surface area contributed by atoms with Crippen molar-refractivity contribution in [2.24, 2.45) is 47.0 Å². The molecule has 1 saturated heterocycles. The summed E-state index contributed by atoms with van der Waals surface area (Å²) in [6.07, 6.45) is -4.76. The second kappa shape index (κ2) is 60.6. The van der Waals surface area contributed by atoms with E-state index in [0.717, 1.165) is 26.1 Å². The van der Waals surface area contributed by atoms with Gasteiger partial charge in [-0.1, -0.05) is 97.2 Å². The van der Waals surface area contributed by atoms with Crippen LogP contribution in [0, 0.1) is 35.5 Å². The number of nitrogens with zero attached hydrogens (tertiary/aromatic N) is 6. The maximum absolute atomic E-state index is 16.9. The molecule has 8 heterocycles. The number of methoxy groups -OCH3 is 1. The molecule has 10 rings (SSSR count). The second-order valence-corrected chi connectivity index (χ2v) is 39.4. The molecule has 0 spiro atoms. The molecule has 3 aromatic heterocycles. The van der Waals surface area contributed by atoms with Crippen molar-refractivity contribution in [3.63, 3.8) is 0 Å². The number of carbonyl (C=O) groups is 16. The van der Waals surface area contributed by atoms with Crippen LogP contribution in [0.3, 0.4) is 0 Å². The zero-order chi connectivity index (χ0) is 107. The first-order chi connectivity index (χ1) is 70.4. The third-order valence-corrected chi connectivity index (χ3v) is 28.3. The Morgan fingerprint density at radius 2 is 1.33 bits per heavy atom. The Bertz CT molecular complexity index is 5380. The maximum atomic E-state index is 16.9. The molecule has 15 N–H and O–H groups in total. The first-order valence-corrected chi connectivity index (χ1v) is 52.8. The molecule has 810 valence electrons. The number of pyridine rings is 1. The van der Waals surface area contributed by atoms with Crippen LogP contribution in [0.1, 0.15) is 138 Å². The van der Waals surface area contributed by atoms with Gasteiger partial charge < -0.3 is 131 Å². The minimum Gasteiger partial charge on any atom is -0.465 e. The van der Waals surface area contributed by atoms with E-state index in [1.54, 1.807) is 77.5 Å². The minimum absolute atomic E-state index is 0.00972. The Hall–Kier alpha value is -10.9. The van der Waals surface area contributed by atoms with Gasteiger partial charge in [-0.05, 0) is 66.3 Å². The van der Waals surface area contributed by atoms with Crippen LogP contribution in [0.15, 0.2) is 66.0 Å². The molecule has 2 aromatic carbocycles. The topological polar surface area (TPSA) is 635 Å². The van der Waals surface area contributed by atoms with E-state index in [9.17, 15) is 63.3 Å². The number of carbonyl (C=O) groups excluding carboxylic acids is 16. The summed E-state index contributed by atoms with van der Waals surface area (Å²) in [5.41, 5.74) is 11.5. The number of Topliss-reactive ketones (excluding diaryl/α,β-unsaturated/α-hetero) is 4. The number of aliphatic hydroxyl groups is 3. The van der Waals surface area contributed by atoms with Gasteiger partial charge in [-0.25, -0.2) is 24.4 Å². The molecule has 0 saturated carbocycles. The SMILES string of the molecule is CC[C@H](C)[C@@H]1NC(=O)CNC(=O)[C@@H]2CC(=O)[C@H]([C@@H](C)[C@@H](O)CO)NC(=O)C3(C(=O)N(C)CCN(CCOCCOCCOCCCC(=O)[n+]4ccc5nc(CBr)c(CBr)nc5c4)C(=O)OCc4ccc(CC(=O)[C@H](CCCNC(N)=O)NC(=O)[C@@H](CC(=O)CCOCCOCCOCCOCCOC)C(C)C)cc4)Oc4ccc5c(c([nH]c5c4)S(=O)C[C@H](NC(=O)CNC1=O)C(=O)C[C@@H](CC(N)=O)C(=O)N1C[C@H](O)C[C@H]13)C2. The number of ether oxygens (including phenoxy) is 10. The van der Waals surface area contributed by atoms with Crippen LogP contribution in [-0.4, -0.2) is 363 Å². The maximum Gasteiger partial charge on any atom is 0.410 e. The number of likely N-dealkylation sites (N-methyl/N-ethyl adjacent to an activating group) is 1. The number of rotatable bonds is 55. The number of benzene rings is 2. The van der Waals surface area contributed by atoms with Crippen molar-refractivity contribution in [2.75, 3.05) is 171 Å². The van der Waals surface area contributed by atoms with Crippen molar-refractivity contribution in [3.8, 4) is 5.75 Å².